The van der Waals surface area contributed by atoms with Gasteiger partial charge in [-0.1, -0.05) is 6.07 Å². The lowest BCUT2D eigenvalue weighted by atomic mass is 10.1. The number of nitrogens with two attached hydrogens (primary N) is 1. The fourth-order valence-corrected chi connectivity index (χ4v) is 3.48. The van der Waals surface area contributed by atoms with E-state index in [-0.39, 0.29) is 23.6 Å². The van der Waals surface area contributed by atoms with E-state index in [0.717, 1.165) is 23.5 Å². The Morgan fingerprint density at radius 1 is 0.970 bits per heavy atom. The topological polar surface area (TPSA) is 107 Å². The van der Waals surface area contributed by atoms with Crippen LogP contribution in [-0.4, -0.2) is 20.9 Å². The number of furan rings is 1. The van der Waals surface area contributed by atoms with Gasteiger partial charge in [-0.15, -0.1) is 0 Å². The molecule has 168 valence electrons. The van der Waals surface area contributed by atoms with E-state index < -0.39 is 17.5 Å². The molecule has 0 saturated carbocycles. The van der Waals surface area contributed by atoms with Crippen molar-refractivity contribution in [2.75, 3.05) is 5.73 Å². The Kier molecular flexibility index (Phi) is 5.87. The van der Waals surface area contributed by atoms with Crippen molar-refractivity contribution in [2.45, 2.75) is 27.3 Å². The Morgan fingerprint density at radius 2 is 1.64 bits per heavy atom. The molecule has 3 heterocycles. The van der Waals surface area contributed by atoms with E-state index in [4.69, 9.17) is 10.2 Å². The Balaban J connectivity index is 1.77. The molecule has 0 aliphatic carbocycles. The summed E-state index contributed by atoms with van der Waals surface area (Å²) in [6.45, 7) is 5.10. The quantitative estimate of drug-likeness (QED) is 0.464. The number of aromatic nitrogens is 3. The van der Waals surface area contributed by atoms with Crippen LogP contribution in [0.2, 0.25) is 0 Å². The Labute approximate surface area is 188 Å². The van der Waals surface area contributed by atoms with Gasteiger partial charge in [0, 0.05) is 29.1 Å². The first-order valence-corrected chi connectivity index (χ1v) is 10.1. The number of aryl methyl sites for hydroxylation is 3. The van der Waals surface area contributed by atoms with Crippen LogP contribution in [0.15, 0.2) is 46.9 Å². The number of amides is 1. The summed E-state index contributed by atoms with van der Waals surface area (Å²) < 4.78 is 33.6. The van der Waals surface area contributed by atoms with Gasteiger partial charge in [-0.05, 0) is 57.2 Å². The maximum atomic E-state index is 13.9. The summed E-state index contributed by atoms with van der Waals surface area (Å²) in [5.41, 5.74) is 8.55. The van der Waals surface area contributed by atoms with Gasteiger partial charge in [0.15, 0.2) is 17.3 Å². The molecule has 0 fully saturated rings. The van der Waals surface area contributed by atoms with E-state index >= 15 is 0 Å². The average Bonchev–Trinajstić information content (AvgIpc) is 3.18. The molecule has 0 atom stereocenters. The lowest BCUT2D eigenvalue weighted by Crippen LogP contribution is -2.26. The zero-order valence-corrected chi connectivity index (χ0v) is 18.2. The van der Waals surface area contributed by atoms with Crippen molar-refractivity contribution in [3.8, 4) is 22.7 Å². The third kappa shape index (κ3) is 4.57. The van der Waals surface area contributed by atoms with Crippen LogP contribution in [0.5, 0.6) is 0 Å². The molecule has 0 saturated heterocycles. The van der Waals surface area contributed by atoms with Gasteiger partial charge in [0.05, 0.1) is 0 Å². The molecular weight excluding hydrogens is 428 g/mol. The van der Waals surface area contributed by atoms with Crippen LogP contribution < -0.4 is 11.1 Å². The molecule has 7 nitrogen and oxygen atoms in total. The van der Waals surface area contributed by atoms with E-state index in [0.29, 0.717) is 28.5 Å². The molecule has 0 aliphatic rings. The van der Waals surface area contributed by atoms with Crippen molar-refractivity contribution in [1.82, 2.24) is 20.3 Å². The molecule has 1 aromatic carbocycles. The van der Waals surface area contributed by atoms with Crippen LogP contribution in [0.3, 0.4) is 0 Å². The van der Waals surface area contributed by atoms with Crippen molar-refractivity contribution >= 4 is 11.7 Å². The van der Waals surface area contributed by atoms with Crippen LogP contribution in [0.1, 0.15) is 33.2 Å². The molecule has 0 aliphatic heterocycles. The van der Waals surface area contributed by atoms with E-state index in [2.05, 4.69) is 20.3 Å². The van der Waals surface area contributed by atoms with Crippen molar-refractivity contribution in [3.63, 3.8) is 0 Å². The number of carbonyl (C=O) groups is 1. The summed E-state index contributed by atoms with van der Waals surface area (Å²) in [6.07, 6.45) is 0. The van der Waals surface area contributed by atoms with Crippen LogP contribution in [-0.2, 0) is 6.54 Å². The van der Waals surface area contributed by atoms with Gasteiger partial charge in [0.1, 0.15) is 28.8 Å². The summed E-state index contributed by atoms with van der Waals surface area (Å²) in [4.78, 5) is 26.1. The molecule has 3 N–H and O–H groups in total. The van der Waals surface area contributed by atoms with Crippen molar-refractivity contribution in [2.24, 2.45) is 0 Å². The molecule has 3 aromatic heterocycles. The van der Waals surface area contributed by atoms with Gasteiger partial charge in [-0.2, -0.15) is 0 Å². The number of anilines is 1. The second-order valence-corrected chi connectivity index (χ2v) is 7.59. The number of hydrogen-bond acceptors (Lipinski definition) is 6. The minimum Gasteiger partial charge on any atom is -0.460 e. The number of carbonyl (C=O) groups excluding carboxylic acids is 1. The van der Waals surface area contributed by atoms with Gasteiger partial charge < -0.3 is 15.5 Å². The number of nitrogens with zero attached hydrogens (tertiary/aromatic N) is 3. The maximum Gasteiger partial charge on any atom is 0.274 e. The van der Waals surface area contributed by atoms with Crippen LogP contribution in [0.4, 0.5) is 14.6 Å². The van der Waals surface area contributed by atoms with Crippen molar-refractivity contribution in [1.29, 1.82) is 0 Å². The van der Waals surface area contributed by atoms with Crippen molar-refractivity contribution in [3.05, 3.63) is 82.5 Å². The summed E-state index contributed by atoms with van der Waals surface area (Å²) in [6, 6.07) is 10.6. The zero-order chi connectivity index (χ0) is 23.7. The average molecular weight is 449 g/mol. The van der Waals surface area contributed by atoms with Crippen LogP contribution in [0.25, 0.3) is 22.7 Å². The Hall–Kier alpha value is -4.14. The zero-order valence-electron chi connectivity index (χ0n) is 18.2. The maximum absolute atomic E-state index is 13.9. The predicted molar refractivity (Wildman–Crippen MR) is 119 cm³/mol. The van der Waals surface area contributed by atoms with E-state index in [1.165, 1.54) is 6.07 Å². The van der Waals surface area contributed by atoms with Gasteiger partial charge in [-0.25, -0.2) is 18.7 Å². The van der Waals surface area contributed by atoms with Gasteiger partial charge >= 0.3 is 0 Å². The largest absolute Gasteiger partial charge is 0.460 e. The monoisotopic (exact) mass is 449 g/mol. The molecule has 4 rings (SSSR count). The summed E-state index contributed by atoms with van der Waals surface area (Å²) >= 11 is 0. The fraction of sp³-hybridized carbons (Fsp3) is 0.167. The number of nitrogen functional groups attached to an aromatic ring is 1. The standard InChI is InChI=1S/C24H21F2N5O2/c1-12-9-15(10-13(2)29-12)20-21(19-8-7-14(3)33-19)31-23(27)22(30-20)24(32)28-11-16-17(25)5-4-6-18(16)26/h4-10H,11H2,1-3H3,(H2,27,31)(H,28,32). The molecule has 9 heteroatoms. The highest BCUT2D eigenvalue weighted by Crippen LogP contribution is 2.32. The minimum absolute atomic E-state index is 0.142. The molecule has 0 bridgehead atoms. The molecular formula is C24H21F2N5O2. The van der Waals surface area contributed by atoms with Crippen LogP contribution >= 0.6 is 0 Å². The molecule has 0 unspecified atom stereocenters. The fourth-order valence-electron chi connectivity index (χ4n) is 3.48. The molecule has 1 amide bonds. The molecule has 4 aromatic rings. The van der Waals surface area contributed by atoms with Crippen molar-refractivity contribution < 1.29 is 18.0 Å². The first kappa shape index (κ1) is 22.1. The highest BCUT2D eigenvalue weighted by molar-refractivity contribution is 5.97. The molecule has 0 radical (unpaired) electrons. The predicted octanol–water partition coefficient (Wildman–Crippen LogP) is 4.51. The number of benzene rings is 1. The third-order valence-corrected chi connectivity index (χ3v) is 4.95. The second-order valence-electron chi connectivity index (χ2n) is 7.59. The number of hydrogen-bond donors (Lipinski definition) is 2. The Bertz CT molecular complexity index is 1330. The number of nitrogens with one attached hydrogen (secondary N) is 1. The number of halogens is 2. The summed E-state index contributed by atoms with van der Waals surface area (Å²) in [5, 5.41) is 2.47. The number of rotatable bonds is 5. The number of pyridine rings is 1. The van der Waals surface area contributed by atoms with Crippen LogP contribution in [0, 0.1) is 32.4 Å². The van der Waals surface area contributed by atoms with E-state index in [1.807, 2.05) is 26.0 Å². The normalized spacial score (nSPS) is 10.9. The van der Waals surface area contributed by atoms with E-state index in [1.54, 1.807) is 19.1 Å². The highest BCUT2D eigenvalue weighted by Gasteiger charge is 2.22. The highest BCUT2D eigenvalue weighted by atomic mass is 19.1. The third-order valence-electron chi connectivity index (χ3n) is 4.95. The lowest BCUT2D eigenvalue weighted by Gasteiger charge is -2.13. The SMILES string of the molecule is Cc1cc(-c2nc(C(=O)NCc3c(F)cccc3F)c(N)nc2-c2ccc(C)o2)cc(C)n1. The Morgan fingerprint density at radius 3 is 2.24 bits per heavy atom. The first-order valence-electron chi connectivity index (χ1n) is 10.1. The molecule has 0 spiro atoms. The summed E-state index contributed by atoms with van der Waals surface area (Å²) in [7, 11) is 0. The first-order chi connectivity index (χ1) is 15.7. The summed E-state index contributed by atoms with van der Waals surface area (Å²) in [5.74, 6) is -1.27. The van der Waals surface area contributed by atoms with Gasteiger partial charge in [0.25, 0.3) is 5.91 Å². The lowest BCUT2D eigenvalue weighted by molar-refractivity contribution is 0.0946. The minimum atomic E-state index is -0.763. The van der Waals surface area contributed by atoms with E-state index in [9.17, 15) is 13.6 Å². The van der Waals surface area contributed by atoms with Gasteiger partial charge in [0.2, 0.25) is 0 Å². The molecule has 33 heavy (non-hydrogen) atoms. The van der Waals surface area contributed by atoms with Gasteiger partial charge in [-0.3, -0.25) is 9.78 Å². The smallest absolute Gasteiger partial charge is 0.274 e. The second kappa shape index (κ2) is 8.78.